The van der Waals surface area contributed by atoms with Crippen molar-refractivity contribution in [2.45, 2.75) is 59.5 Å². The predicted octanol–water partition coefficient (Wildman–Crippen LogP) is 4.25. The Hall–Kier alpha value is -1.81. The Morgan fingerprint density at radius 3 is 2.77 bits per heavy atom. The van der Waals surface area contributed by atoms with Crippen LogP contribution in [0.4, 0.5) is 0 Å². The highest BCUT2D eigenvalue weighted by molar-refractivity contribution is 5.81. The van der Waals surface area contributed by atoms with Crippen LogP contribution in [0.3, 0.4) is 0 Å². The summed E-state index contributed by atoms with van der Waals surface area (Å²) in [6, 6.07) is 6.26. The average molecular weight is 354 g/mol. The van der Waals surface area contributed by atoms with Crippen molar-refractivity contribution in [1.29, 1.82) is 0 Å². The standard InChI is InChI=1S/C22H30N2O2/c1-14-18(20(25)17-8-16(26-5)6-7-19(17)23-14)11-24-13-22(4)10-15(24)9-21(2,3)12-22/h6-8,15H,9-13H2,1-5H3,(H,23,25)/t15-,22-/m0/s1. The molecule has 26 heavy (non-hydrogen) atoms. The molecule has 1 aliphatic carbocycles. The number of ether oxygens (including phenoxy) is 1. The smallest absolute Gasteiger partial charge is 0.194 e. The summed E-state index contributed by atoms with van der Waals surface area (Å²) < 4.78 is 5.31. The molecular formula is C22H30N2O2. The summed E-state index contributed by atoms with van der Waals surface area (Å²) in [5.74, 6) is 0.726. The van der Waals surface area contributed by atoms with Gasteiger partial charge in [-0.05, 0) is 55.2 Å². The number of nitrogens with one attached hydrogen (secondary N) is 1. The SMILES string of the molecule is COc1ccc2[nH]c(C)c(CN3C[C@@]4(C)C[C@@H]3CC(C)(C)C4)c(=O)c2c1. The molecule has 1 aliphatic heterocycles. The molecule has 2 bridgehead atoms. The topological polar surface area (TPSA) is 45.3 Å². The highest BCUT2D eigenvalue weighted by Gasteiger charge is 2.49. The van der Waals surface area contributed by atoms with E-state index < -0.39 is 0 Å². The lowest BCUT2D eigenvalue weighted by molar-refractivity contribution is 0.126. The molecule has 1 N–H and O–H groups in total. The molecule has 4 rings (SSSR count). The van der Waals surface area contributed by atoms with Gasteiger partial charge in [0.25, 0.3) is 0 Å². The van der Waals surface area contributed by atoms with E-state index in [4.69, 9.17) is 4.74 Å². The fourth-order valence-electron chi connectivity index (χ4n) is 5.71. The van der Waals surface area contributed by atoms with Crippen LogP contribution in [0.1, 0.15) is 51.3 Å². The van der Waals surface area contributed by atoms with Gasteiger partial charge >= 0.3 is 0 Å². The van der Waals surface area contributed by atoms with Gasteiger partial charge in [-0.3, -0.25) is 9.69 Å². The minimum Gasteiger partial charge on any atom is -0.497 e. The average Bonchev–Trinajstić information content (AvgIpc) is 2.79. The first-order valence-electron chi connectivity index (χ1n) is 9.63. The van der Waals surface area contributed by atoms with Gasteiger partial charge in [-0.15, -0.1) is 0 Å². The van der Waals surface area contributed by atoms with Crippen LogP contribution in [-0.4, -0.2) is 29.6 Å². The summed E-state index contributed by atoms with van der Waals surface area (Å²) >= 11 is 0. The van der Waals surface area contributed by atoms with Crippen LogP contribution in [0.5, 0.6) is 5.75 Å². The summed E-state index contributed by atoms with van der Waals surface area (Å²) in [5.41, 5.74) is 3.68. The van der Waals surface area contributed by atoms with E-state index in [0.717, 1.165) is 41.0 Å². The maximum atomic E-state index is 13.2. The molecular weight excluding hydrogens is 324 g/mol. The van der Waals surface area contributed by atoms with E-state index in [1.807, 2.05) is 25.1 Å². The first-order valence-corrected chi connectivity index (χ1v) is 9.63. The Morgan fingerprint density at radius 2 is 2.04 bits per heavy atom. The molecule has 140 valence electrons. The predicted molar refractivity (Wildman–Crippen MR) is 106 cm³/mol. The molecule has 2 heterocycles. The van der Waals surface area contributed by atoms with Gasteiger partial charge in [0, 0.05) is 41.3 Å². The van der Waals surface area contributed by atoms with E-state index in [-0.39, 0.29) is 5.43 Å². The molecule has 1 saturated heterocycles. The third kappa shape index (κ3) is 2.94. The summed E-state index contributed by atoms with van der Waals surface area (Å²) in [6.07, 6.45) is 3.76. The lowest BCUT2D eigenvalue weighted by atomic mass is 9.65. The number of aromatic amines is 1. The Bertz CT molecular complexity index is 914. The summed E-state index contributed by atoms with van der Waals surface area (Å²) in [4.78, 5) is 19.2. The molecule has 0 unspecified atom stereocenters. The molecule has 4 heteroatoms. The van der Waals surface area contributed by atoms with Crippen molar-refractivity contribution < 1.29 is 4.74 Å². The quantitative estimate of drug-likeness (QED) is 0.896. The Morgan fingerprint density at radius 1 is 1.27 bits per heavy atom. The first-order chi connectivity index (χ1) is 12.2. The molecule has 2 aromatic rings. The number of aromatic nitrogens is 1. The van der Waals surface area contributed by atoms with Crippen molar-refractivity contribution in [3.8, 4) is 5.75 Å². The molecule has 2 fully saturated rings. The van der Waals surface area contributed by atoms with Crippen molar-refractivity contribution in [3.63, 3.8) is 0 Å². The molecule has 0 spiro atoms. The van der Waals surface area contributed by atoms with Crippen LogP contribution in [0, 0.1) is 17.8 Å². The Kier molecular flexibility index (Phi) is 3.96. The van der Waals surface area contributed by atoms with E-state index in [1.165, 1.54) is 19.3 Å². The summed E-state index contributed by atoms with van der Waals surface area (Å²) in [6.45, 7) is 11.1. The number of likely N-dealkylation sites (tertiary alicyclic amines) is 1. The number of nitrogens with zero attached hydrogens (tertiary/aromatic N) is 1. The third-order valence-corrected chi connectivity index (χ3v) is 6.40. The van der Waals surface area contributed by atoms with Crippen LogP contribution in [0.25, 0.3) is 10.9 Å². The number of aryl methyl sites for hydroxylation is 1. The van der Waals surface area contributed by atoms with Crippen molar-refractivity contribution >= 4 is 10.9 Å². The zero-order chi connectivity index (χ0) is 18.7. The number of fused-ring (bicyclic) bond motifs is 3. The molecule has 0 amide bonds. The Balaban J connectivity index is 1.71. The zero-order valence-electron chi connectivity index (χ0n) is 16.6. The highest BCUT2D eigenvalue weighted by Crippen LogP contribution is 2.52. The largest absolute Gasteiger partial charge is 0.497 e. The zero-order valence-corrected chi connectivity index (χ0v) is 16.6. The molecule has 0 radical (unpaired) electrons. The van der Waals surface area contributed by atoms with Gasteiger partial charge in [0.2, 0.25) is 0 Å². The van der Waals surface area contributed by atoms with Gasteiger partial charge in [-0.25, -0.2) is 0 Å². The second kappa shape index (κ2) is 5.85. The fourth-order valence-corrected chi connectivity index (χ4v) is 5.71. The number of hydrogen-bond acceptors (Lipinski definition) is 3. The summed E-state index contributed by atoms with van der Waals surface area (Å²) in [7, 11) is 1.64. The van der Waals surface area contributed by atoms with E-state index in [2.05, 4.69) is 30.7 Å². The number of rotatable bonds is 3. The van der Waals surface area contributed by atoms with Crippen molar-refractivity contribution in [1.82, 2.24) is 9.88 Å². The number of methoxy groups -OCH3 is 1. The lowest BCUT2D eigenvalue weighted by Gasteiger charge is -2.40. The molecule has 2 atom stereocenters. The first kappa shape index (κ1) is 17.6. The van der Waals surface area contributed by atoms with Crippen LogP contribution >= 0.6 is 0 Å². The number of hydrogen-bond donors (Lipinski definition) is 1. The second-order valence-electron chi connectivity index (χ2n) is 9.59. The van der Waals surface area contributed by atoms with Crippen molar-refractivity contribution in [2.24, 2.45) is 10.8 Å². The maximum Gasteiger partial charge on any atom is 0.194 e. The van der Waals surface area contributed by atoms with Crippen molar-refractivity contribution in [2.75, 3.05) is 13.7 Å². The van der Waals surface area contributed by atoms with E-state index in [0.29, 0.717) is 16.9 Å². The number of pyridine rings is 1. The molecule has 1 saturated carbocycles. The fraction of sp³-hybridized carbons (Fsp3) is 0.591. The van der Waals surface area contributed by atoms with E-state index in [9.17, 15) is 4.79 Å². The number of benzene rings is 1. The van der Waals surface area contributed by atoms with Crippen molar-refractivity contribution in [3.05, 3.63) is 39.7 Å². The van der Waals surface area contributed by atoms with Gasteiger partial charge in [-0.1, -0.05) is 20.8 Å². The third-order valence-electron chi connectivity index (χ3n) is 6.40. The van der Waals surface area contributed by atoms with E-state index in [1.54, 1.807) is 7.11 Å². The normalized spacial score (nSPS) is 27.8. The Labute approximate surface area is 155 Å². The van der Waals surface area contributed by atoms with Gasteiger partial charge in [0.15, 0.2) is 5.43 Å². The van der Waals surface area contributed by atoms with Gasteiger partial charge in [-0.2, -0.15) is 0 Å². The van der Waals surface area contributed by atoms with Crippen LogP contribution in [0.2, 0.25) is 0 Å². The molecule has 1 aromatic carbocycles. The van der Waals surface area contributed by atoms with Crippen LogP contribution in [-0.2, 0) is 6.54 Å². The molecule has 1 aromatic heterocycles. The van der Waals surface area contributed by atoms with Crippen LogP contribution in [0.15, 0.2) is 23.0 Å². The second-order valence-corrected chi connectivity index (χ2v) is 9.59. The van der Waals surface area contributed by atoms with Gasteiger partial charge < -0.3 is 9.72 Å². The minimum absolute atomic E-state index is 0.140. The van der Waals surface area contributed by atoms with Crippen LogP contribution < -0.4 is 10.2 Å². The molecule has 4 nitrogen and oxygen atoms in total. The molecule has 2 aliphatic rings. The minimum atomic E-state index is 0.140. The lowest BCUT2D eigenvalue weighted by Crippen LogP contribution is -2.35. The maximum absolute atomic E-state index is 13.2. The van der Waals surface area contributed by atoms with Gasteiger partial charge in [0.1, 0.15) is 5.75 Å². The van der Waals surface area contributed by atoms with Gasteiger partial charge in [0.05, 0.1) is 7.11 Å². The monoisotopic (exact) mass is 354 g/mol. The summed E-state index contributed by atoms with van der Waals surface area (Å²) in [5, 5.41) is 0.721. The van der Waals surface area contributed by atoms with E-state index >= 15 is 0 Å². The number of H-pyrrole nitrogens is 1. The highest BCUT2D eigenvalue weighted by atomic mass is 16.5.